The van der Waals surface area contributed by atoms with Gasteiger partial charge < -0.3 is 4.42 Å². The van der Waals surface area contributed by atoms with Crippen LogP contribution >= 0.6 is 0 Å². The summed E-state index contributed by atoms with van der Waals surface area (Å²) in [5.41, 5.74) is 6.92. The Hall–Kier alpha value is -6.13. The lowest BCUT2D eigenvalue weighted by Crippen LogP contribution is -2.00. The van der Waals surface area contributed by atoms with Gasteiger partial charge in [-0.25, -0.2) is 15.0 Å². The van der Waals surface area contributed by atoms with Crippen LogP contribution in [0.1, 0.15) is 0 Å². The van der Waals surface area contributed by atoms with E-state index >= 15 is 0 Å². The van der Waals surface area contributed by atoms with Crippen LogP contribution in [0.2, 0.25) is 0 Å². The highest BCUT2D eigenvalue weighted by Gasteiger charge is 2.14. The van der Waals surface area contributed by atoms with Crippen LogP contribution in [-0.2, 0) is 0 Å². The molecule has 4 nitrogen and oxygen atoms in total. The Morgan fingerprint density at radius 3 is 1.73 bits per heavy atom. The molecule has 0 aliphatic carbocycles. The van der Waals surface area contributed by atoms with E-state index in [0.29, 0.717) is 17.5 Å². The van der Waals surface area contributed by atoms with E-state index in [9.17, 15) is 0 Å². The third-order valence-electron chi connectivity index (χ3n) is 8.51. The standard InChI is InChI=1S/C41H25N3O/c1-2-9-29(10-3-1)39-42-40(44-41(43-39)33-21-16-26-8-4-5-11-31(26)24-33)30-18-14-27(15-19-30)32-20-17-28-22-23-37-38(35(28)25-32)34-12-6-7-13-36(34)45-37/h1-25H. The largest absolute Gasteiger partial charge is 0.456 e. The summed E-state index contributed by atoms with van der Waals surface area (Å²) in [6, 6.07) is 52.3. The average Bonchev–Trinajstić information content (AvgIpc) is 3.51. The van der Waals surface area contributed by atoms with Gasteiger partial charge in [0.05, 0.1) is 0 Å². The summed E-state index contributed by atoms with van der Waals surface area (Å²) in [5, 5.41) is 7.00. The minimum Gasteiger partial charge on any atom is -0.456 e. The van der Waals surface area contributed by atoms with Gasteiger partial charge in [0.1, 0.15) is 11.2 Å². The summed E-state index contributed by atoms with van der Waals surface area (Å²) in [6.07, 6.45) is 0. The van der Waals surface area contributed by atoms with Crippen molar-refractivity contribution in [2.24, 2.45) is 0 Å². The average molecular weight is 576 g/mol. The molecule has 0 radical (unpaired) electrons. The monoisotopic (exact) mass is 575 g/mol. The summed E-state index contributed by atoms with van der Waals surface area (Å²) in [4.78, 5) is 14.8. The maximum absolute atomic E-state index is 6.16. The topological polar surface area (TPSA) is 51.8 Å². The smallest absolute Gasteiger partial charge is 0.164 e. The molecule has 0 unspecified atom stereocenters. The minimum absolute atomic E-state index is 0.642. The molecule has 9 rings (SSSR count). The van der Waals surface area contributed by atoms with Gasteiger partial charge in [-0.1, -0.05) is 127 Å². The van der Waals surface area contributed by atoms with Crippen LogP contribution < -0.4 is 0 Å². The Morgan fingerprint density at radius 1 is 0.333 bits per heavy atom. The van der Waals surface area contributed by atoms with Gasteiger partial charge in [-0.2, -0.15) is 0 Å². The van der Waals surface area contributed by atoms with E-state index in [-0.39, 0.29) is 0 Å². The first kappa shape index (κ1) is 25.4. The van der Waals surface area contributed by atoms with Gasteiger partial charge in [0.2, 0.25) is 0 Å². The molecule has 9 aromatic rings. The van der Waals surface area contributed by atoms with E-state index in [1.165, 1.54) is 16.2 Å². The van der Waals surface area contributed by atoms with Crippen LogP contribution in [0, 0.1) is 0 Å². The van der Waals surface area contributed by atoms with Crippen LogP contribution in [0.15, 0.2) is 156 Å². The lowest BCUT2D eigenvalue weighted by Gasteiger charge is -2.10. The molecule has 0 atom stereocenters. The van der Waals surface area contributed by atoms with Crippen molar-refractivity contribution < 1.29 is 4.42 Å². The molecule has 0 saturated carbocycles. The van der Waals surface area contributed by atoms with E-state index in [2.05, 4.69) is 109 Å². The Labute approximate surface area is 259 Å². The molecule has 0 bridgehead atoms. The van der Waals surface area contributed by atoms with E-state index < -0.39 is 0 Å². The van der Waals surface area contributed by atoms with Crippen LogP contribution in [0.3, 0.4) is 0 Å². The van der Waals surface area contributed by atoms with Crippen LogP contribution in [0.5, 0.6) is 0 Å². The maximum Gasteiger partial charge on any atom is 0.164 e. The van der Waals surface area contributed by atoms with Crippen LogP contribution in [0.4, 0.5) is 0 Å². The summed E-state index contributed by atoms with van der Waals surface area (Å²) in [6.45, 7) is 0. The van der Waals surface area contributed by atoms with Crippen molar-refractivity contribution >= 4 is 43.5 Å². The highest BCUT2D eigenvalue weighted by Crippen LogP contribution is 2.37. The van der Waals surface area contributed by atoms with Crippen LogP contribution in [-0.4, -0.2) is 15.0 Å². The molecule has 0 fully saturated rings. The fraction of sp³-hybridized carbons (Fsp3) is 0. The molecule has 45 heavy (non-hydrogen) atoms. The second-order valence-electron chi connectivity index (χ2n) is 11.3. The first-order valence-electron chi connectivity index (χ1n) is 15.0. The number of hydrogen-bond donors (Lipinski definition) is 0. The Kier molecular flexibility index (Phi) is 5.78. The Morgan fingerprint density at radius 2 is 0.911 bits per heavy atom. The molecule has 2 heterocycles. The number of hydrogen-bond acceptors (Lipinski definition) is 4. The summed E-state index contributed by atoms with van der Waals surface area (Å²) in [7, 11) is 0. The molecule has 0 amide bonds. The normalized spacial score (nSPS) is 11.6. The zero-order valence-corrected chi connectivity index (χ0v) is 24.2. The third-order valence-corrected chi connectivity index (χ3v) is 8.51. The Balaban J connectivity index is 1.14. The number of rotatable bonds is 4. The molecule has 210 valence electrons. The number of fused-ring (bicyclic) bond motifs is 6. The highest BCUT2D eigenvalue weighted by molar-refractivity contribution is 6.19. The van der Waals surface area contributed by atoms with Crippen molar-refractivity contribution in [3.05, 3.63) is 152 Å². The predicted octanol–water partition coefficient (Wildman–Crippen LogP) is 10.7. The highest BCUT2D eigenvalue weighted by atomic mass is 16.3. The van der Waals surface area contributed by atoms with E-state index in [1.807, 2.05) is 42.5 Å². The van der Waals surface area contributed by atoms with Gasteiger partial charge in [0.15, 0.2) is 17.5 Å². The third kappa shape index (κ3) is 4.43. The number of nitrogens with zero attached hydrogens (tertiary/aromatic N) is 3. The number of para-hydroxylation sites is 1. The van der Waals surface area contributed by atoms with Gasteiger partial charge in [0, 0.05) is 27.5 Å². The fourth-order valence-electron chi connectivity index (χ4n) is 6.21. The molecular weight excluding hydrogens is 550 g/mol. The first-order chi connectivity index (χ1) is 22.3. The van der Waals surface area contributed by atoms with Crippen molar-refractivity contribution in [1.29, 1.82) is 0 Å². The van der Waals surface area contributed by atoms with Crippen LogP contribution in [0.25, 0.3) is 88.8 Å². The number of aromatic nitrogens is 3. The van der Waals surface area contributed by atoms with Crippen molar-refractivity contribution in [3.63, 3.8) is 0 Å². The van der Waals surface area contributed by atoms with Gasteiger partial charge in [-0.3, -0.25) is 0 Å². The quantitative estimate of drug-likeness (QED) is 0.209. The minimum atomic E-state index is 0.642. The molecule has 0 spiro atoms. The van der Waals surface area contributed by atoms with Crippen molar-refractivity contribution in [2.45, 2.75) is 0 Å². The van der Waals surface area contributed by atoms with Gasteiger partial charge >= 0.3 is 0 Å². The van der Waals surface area contributed by atoms with Gasteiger partial charge in [-0.05, 0) is 56.9 Å². The summed E-state index contributed by atoms with van der Waals surface area (Å²) >= 11 is 0. The molecule has 0 aliphatic rings. The van der Waals surface area contributed by atoms with Gasteiger partial charge in [-0.15, -0.1) is 0 Å². The lowest BCUT2D eigenvalue weighted by molar-refractivity contribution is 0.669. The molecular formula is C41H25N3O. The summed E-state index contributed by atoms with van der Waals surface area (Å²) in [5.74, 6) is 1.95. The second kappa shape index (κ2) is 10.2. The van der Waals surface area contributed by atoms with Crippen molar-refractivity contribution in [2.75, 3.05) is 0 Å². The number of benzene rings is 7. The van der Waals surface area contributed by atoms with Gasteiger partial charge in [0.25, 0.3) is 0 Å². The van der Waals surface area contributed by atoms with Crippen molar-refractivity contribution in [3.8, 4) is 45.3 Å². The first-order valence-corrected chi connectivity index (χ1v) is 15.0. The number of furan rings is 1. The zero-order chi connectivity index (χ0) is 29.7. The molecule has 0 aliphatic heterocycles. The molecule has 7 aromatic carbocycles. The summed E-state index contributed by atoms with van der Waals surface area (Å²) < 4.78 is 6.16. The second-order valence-corrected chi connectivity index (χ2v) is 11.3. The maximum atomic E-state index is 6.16. The lowest BCUT2D eigenvalue weighted by atomic mass is 9.97. The molecule has 0 N–H and O–H groups in total. The SMILES string of the molecule is c1ccc(-c2nc(-c3ccc(-c4ccc5ccc6oc7ccccc7c6c5c4)cc3)nc(-c3ccc4ccccc4c3)n2)cc1. The zero-order valence-electron chi connectivity index (χ0n) is 24.2. The fourth-order valence-corrected chi connectivity index (χ4v) is 6.21. The molecule has 2 aromatic heterocycles. The van der Waals surface area contributed by atoms with Crippen molar-refractivity contribution in [1.82, 2.24) is 15.0 Å². The van der Waals surface area contributed by atoms with E-state index in [0.717, 1.165) is 55.1 Å². The molecule has 4 heteroatoms. The van der Waals surface area contributed by atoms with E-state index in [4.69, 9.17) is 19.4 Å². The predicted molar refractivity (Wildman–Crippen MR) is 184 cm³/mol. The van der Waals surface area contributed by atoms with E-state index in [1.54, 1.807) is 0 Å². The molecule has 0 saturated heterocycles. The Bertz CT molecular complexity index is 2530.